The molecule has 72 valence electrons. The highest BCUT2D eigenvalue weighted by molar-refractivity contribution is 6.29. The van der Waals surface area contributed by atoms with Gasteiger partial charge in [-0.15, -0.1) is 0 Å². The van der Waals surface area contributed by atoms with Crippen molar-refractivity contribution >= 4 is 11.6 Å². The van der Waals surface area contributed by atoms with E-state index in [1.54, 1.807) is 0 Å². The van der Waals surface area contributed by atoms with Crippen LogP contribution in [0.1, 0.15) is 11.3 Å². The fourth-order valence-electron chi connectivity index (χ4n) is 0.874. The summed E-state index contributed by atoms with van der Waals surface area (Å²) < 4.78 is 36.7. The van der Waals surface area contributed by atoms with E-state index in [1.807, 2.05) is 0 Å². The van der Waals surface area contributed by atoms with Crippen LogP contribution in [0.2, 0.25) is 5.15 Å². The van der Waals surface area contributed by atoms with Gasteiger partial charge in [0, 0.05) is 6.54 Å². The van der Waals surface area contributed by atoms with Crippen molar-refractivity contribution in [1.82, 2.24) is 4.98 Å². The number of pyridine rings is 1. The number of nitrogens with zero attached hydrogens (tertiary/aromatic N) is 1. The van der Waals surface area contributed by atoms with E-state index in [0.717, 1.165) is 0 Å². The minimum Gasteiger partial charge on any atom is -0.326 e. The zero-order valence-electron chi connectivity index (χ0n) is 6.40. The van der Waals surface area contributed by atoms with Crippen molar-refractivity contribution in [3.8, 4) is 0 Å². The monoisotopic (exact) mass is 210 g/mol. The Morgan fingerprint density at radius 2 is 2.00 bits per heavy atom. The van der Waals surface area contributed by atoms with Crippen LogP contribution < -0.4 is 5.73 Å². The average molecular weight is 211 g/mol. The van der Waals surface area contributed by atoms with E-state index < -0.39 is 11.9 Å². The summed E-state index contributed by atoms with van der Waals surface area (Å²) in [7, 11) is 0. The van der Waals surface area contributed by atoms with Gasteiger partial charge in [0.2, 0.25) is 0 Å². The molecule has 0 unspecified atom stereocenters. The topological polar surface area (TPSA) is 38.9 Å². The second-order valence-corrected chi connectivity index (χ2v) is 2.73. The lowest BCUT2D eigenvalue weighted by atomic mass is 10.2. The molecule has 1 aromatic rings. The zero-order valence-corrected chi connectivity index (χ0v) is 7.15. The molecule has 2 N–H and O–H groups in total. The quantitative estimate of drug-likeness (QED) is 0.722. The van der Waals surface area contributed by atoms with Crippen LogP contribution in [0.15, 0.2) is 12.1 Å². The Morgan fingerprint density at radius 3 is 2.46 bits per heavy atom. The Bertz CT molecular complexity index is 311. The summed E-state index contributed by atoms with van der Waals surface area (Å²) in [4.78, 5) is 3.18. The molecular weight excluding hydrogens is 205 g/mol. The number of nitrogens with two attached hydrogens (primary N) is 1. The lowest BCUT2D eigenvalue weighted by molar-refractivity contribution is -0.141. The third-order valence-corrected chi connectivity index (χ3v) is 1.64. The second kappa shape index (κ2) is 3.51. The molecule has 13 heavy (non-hydrogen) atoms. The predicted octanol–water partition coefficient (Wildman–Crippen LogP) is 2.21. The minimum atomic E-state index is -4.50. The maximum atomic E-state index is 12.2. The second-order valence-electron chi connectivity index (χ2n) is 2.34. The Labute approximate surface area is 77.5 Å². The van der Waals surface area contributed by atoms with E-state index >= 15 is 0 Å². The average Bonchev–Trinajstić information content (AvgIpc) is 2.03. The van der Waals surface area contributed by atoms with Gasteiger partial charge in [-0.05, 0) is 11.6 Å². The van der Waals surface area contributed by atoms with E-state index in [1.165, 1.54) is 12.1 Å². The smallest absolute Gasteiger partial charge is 0.326 e. The molecular formula is C7H6ClF3N2. The molecule has 0 aliphatic heterocycles. The maximum Gasteiger partial charge on any atom is 0.433 e. The van der Waals surface area contributed by atoms with Gasteiger partial charge in [0.25, 0.3) is 0 Å². The largest absolute Gasteiger partial charge is 0.433 e. The molecule has 0 saturated heterocycles. The highest BCUT2D eigenvalue weighted by Crippen LogP contribution is 2.31. The molecule has 0 aliphatic carbocycles. The van der Waals surface area contributed by atoms with Gasteiger partial charge in [0.1, 0.15) is 5.15 Å². The highest BCUT2D eigenvalue weighted by Gasteiger charge is 2.35. The maximum absolute atomic E-state index is 12.2. The predicted molar refractivity (Wildman–Crippen MR) is 42.1 cm³/mol. The van der Waals surface area contributed by atoms with Gasteiger partial charge in [0.15, 0.2) is 5.69 Å². The molecule has 0 saturated carbocycles. The number of hydrogen-bond acceptors (Lipinski definition) is 2. The lowest BCUT2D eigenvalue weighted by Crippen LogP contribution is -2.14. The molecule has 1 rings (SSSR count). The van der Waals surface area contributed by atoms with Crippen LogP contribution in [0.25, 0.3) is 0 Å². The van der Waals surface area contributed by atoms with Gasteiger partial charge in [0.05, 0.1) is 0 Å². The van der Waals surface area contributed by atoms with Crippen LogP contribution in [0.5, 0.6) is 0 Å². The summed E-state index contributed by atoms with van der Waals surface area (Å²) in [5, 5.41) is -0.190. The molecule has 0 fully saturated rings. The minimum absolute atomic E-state index is 0.0584. The van der Waals surface area contributed by atoms with E-state index in [0.29, 0.717) is 0 Å². The molecule has 0 radical (unpaired) electrons. The van der Waals surface area contributed by atoms with Gasteiger partial charge in [-0.1, -0.05) is 17.7 Å². The lowest BCUT2D eigenvalue weighted by Gasteiger charge is -2.09. The zero-order chi connectivity index (χ0) is 10.1. The summed E-state index contributed by atoms with van der Waals surface area (Å²) in [5.41, 5.74) is 4.04. The van der Waals surface area contributed by atoms with E-state index in [9.17, 15) is 13.2 Å². The standard InChI is InChI=1S/C7H6ClF3N2/c8-5-2-1-4(3-12)6(13-5)7(9,10)11/h1-2H,3,12H2. The van der Waals surface area contributed by atoms with E-state index in [2.05, 4.69) is 4.98 Å². The summed E-state index contributed by atoms with van der Waals surface area (Å²) >= 11 is 5.33. The summed E-state index contributed by atoms with van der Waals surface area (Å²) in [6, 6.07) is 2.50. The van der Waals surface area contributed by atoms with Crippen LogP contribution in [0.3, 0.4) is 0 Å². The first-order valence-electron chi connectivity index (χ1n) is 3.38. The van der Waals surface area contributed by atoms with Crippen molar-refractivity contribution in [2.24, 2.45) is 5.73 Å². The number of aromatic nitrogens is 1. The van der Waals surface area contributed by atoms with Crippen LogP contribution in [-0.4, -0.2) is 4.98 Å². The number of hydrogen-bond donors (Lipinski definition) is 1. The first-order chi connectivity index (χ1) is 5.95. The van der Waals surface area contributed by atoms with E-state index in [-0.39, 0.29) is 17.3 Å². The number of halogens is 4. The van der Waals surface area contributed by atoms with Crippen molar-refractivity contribution in [2.45, 2.75) is 12.7 Å². The van der Waals surface area contributed by atoms with E-state index in [4.69, 9.17) is 17.3 Å². The highest BCUT2D eigenvalue weighted by atomic mass is 35.5. The van der Waals surface area contributed by atoms with Gasteiger partial charge in [-0.25, -0.2) is 4.98 Å². The molecule has 0 atom stereocenters. The fraction of sp³-hybridized carbons (Fsp3) is 0.286. The Hall–Kier alpha value is -0.810. The molecule has 0 aliphatic rings. The molecule has 0 aromatic carbocycles. The van der Waals surface area contributed by atoms with Crippen molar-refractivity contribution in [3.05, 3.63) is 28.5 Å². The van der Waals surface area contributed by atoms with Crippen LogP contribution in [0, 0.1) is 0 Å². The molecule has 0 spiro atoms. The van der Waals surface area contributed by atoms with Crippen LogP contribution in [-0.2, 0) is 12.7 Å². The van der Waals surface area contributed by atoms with Crippen molar-refractivity contribution in [2.75, 3.05) is 0 Å². The van der Waals surface area contributed by atoms with Crippen molar-refractivity contribution in [1.29, 1.82) is 0 Å². The van der Waals surface area contributed by atoms with Crippen LogP contribution >= 0.6 is 11.6 Å². The number of rotatable bonds is 1. The van der Waals surface area contributed by atoms with Crippen molar-refractivity contribution < 1.29 is 13.2 Å². The molecule has 6 heteroatoms. The van der Waals surface area contributed by atoms with Crippen molar-refractivity contribution in [3.63, 3.8) is 0 Å². The first kappa shape index (κ1) is 10.3. The molecule has 1 aromatic heterocycles. The third kappa shape index (κ3) is 2.32. The van der Waals surface area contributed by atoms with Gasteiger partial charge >= 0.3 is 6.18 Å². The molecule has 2 nitrogen and oxygen atoms in total. The van der Waals surface area contributed by atoms with Gasteiger partial charge in [-0.3, -0.25) is 0 Å². The summed E-state index contributed by atoms with van der Waals surface area (Å²) in [6.07, 6.45) is -4.50. The Kier molecular flexibility index (Phi) is 2.77. The normalized spacial score (nSPS) is 11.8. The Morgan fingerprint density at radius 1 is 1.38 bits per heavy atom. The van der Waals surface area contributed by atoms with Gasteiger partial charge < -0.3 is 5.73 Å². The summed E-state index contributed by atoms with van der Waals surface area (Å²) in [6.45, 7) is -0.209. The fourth-order valence-corrected chi connectivity index (χ4v) is 1.02. The van der Waals surface area contributed by atoms with Gasteiger partial charge in [-0.2, -0.15) is 13.2 Å². The number of alkyl halides is 3. The third-order valence-electron chi connectivity index (χ3n) is 1.43. The SMILES string of the molecule is NCc1ccc(Cl)nc1C(F)(F)F. The summed E-state index contributed by atoms with van der Waals surface area (Å²) in [5.74, 6) is 0. The molecule has 1 heterocycles. The van der Waals surface area contributed by atoms with Crippen LogP contribution in [0.4, 0.5) is 13.2 Å². The first-order valence-corrected chi connectivity index (χ1v) is 3.75. The molecule has 0 bridgehead atoms. The Balaban J connectivity index is 3.24. The molecule has 0 amide bonds.